The van der Waals surface area contributed by atoms with Gasteiger partial charge in [0, 0.05) is 43.7 Å². The van der Waals surface area contributed by atoms with Crippen LogP contribution in [-0.2, 0) is 0 Å². The van der Waals surface area contributed by atoms with Gasteiger partial charge in [0.1, 0.15) is 0 Å². The molecule has 1 saturated carbocycles. The summed E-state index contributed by atoms with van der Waals surface area (Å²) in [4.78, 5) is 17.5. The molecule has 2 saturated heterocycles. The van der Waals surface area contributed by atoms with E-state index in [9.17, 15) is 10.0 Å². The van der Waals surface area contributed by atoms with Crippen LogP contribution in [0.2, 0.25) is 0 Å². The highest BCUT2D eigenvalue weighted by atomic mass is 16.5. The number of rotatable bonds is 3. The van der Waals surface area contributed by atoms with Crippen LogP contribution in [0.15, 0.2) is 24.5 Å². The molecule has 0 N–H and O–H groups in total. The predicted molar refractivity (Wildman–Crippen MR) is 101 cm³/mol. The molecular weight excluding hydrogens is 326 g/mol. The highest BCUT2D eigenvalue weighted by Gasteiger charge is 2.43. The minimum Gasteiger partial charge on any atom is -0.619 e. The second kappa shape index (κ2) is 7.55. The lowest BCUT2D eigenvalue weighted by Gasteiger charge is -2.42. The maximum atomic E-state index is 12.8. The molecule has 1 aromatic heterocycles. The Bertz CT molecular complexity index is 627. The fraction of sp³-hybridized carbons (Fsp3) is 0.714. The van der Waals surface area contributed by atoms with Gasteiger partial charge in [-0.25, -0.2) is 0 Å². The Morgan fingerprint density at radius 2 is 1.85 bits per heavy atom. The first-order valence-corrected chi connectivity index (χ1v) is 10.3. The lowest BCUT2D eigenvalue weighted by Crippen LogP contribution is -2.47. The summed E-state index contributed by atoms with van der Waals surface area (Å²) in [5.41, 5.74) is 0.916. The molecule has 0 radical (unpaired) electrons. The van der Waals surface area contributed by atoms with Crippen molar-refractivity contribution in [2.45, 2.75) is 51.4 Å². The zero-order valence-corrected chi connectivity index (χ0v) is 15.7. The first kappa shape index (κ1) is 17.8. The highest BCUT2D eigenvalue weighted by molar-refractivity contribution is 5.94. The van der Waals surface area contributed by atoms with E-state index in [1.165, 1.54) is 70.4 Å². The number of amides is 1. The zero-order chi connectivity index (χ0) is 18.0. The highest BCUT2D eigenvalue weighted by Crippen LogP contribution is 2.40. The lowest BCUT2D eigenvalue weighted by molar-refractivity contribution is -0.605. The number of aromatic nitrogens is 1. The van der Waals surface area contributed by atoms with E-state index in [1.54, 1.807) is 12.1 Å². The summed E-state index contributed by atoms with van der Waals surface area (Å²) in [7, 11) is 0. The molecule has 1 aromatic rings. The molecule has 1 atom stereocenters. The van der Waals surface area contributed by atoms with Crippen molar-refractivity contribution in [1.82, 2.24) is 9.80 Å². The van der Waals surface area contributed by atoms with Crippen LogP contribution in [0.5, 0.6) is 0 Å². The van der Waals surface area contributed by atoms with E-state index in [0.717, 1.165) is 36.7 Å². The van der Waals surface area contributed by atoms with Crippen LogP contribution in [0, 0.1) is 16.5 Å². The van der Waals surface area contributed by atoms with Gasteiger partial charge in [0.2, 0.25) is 0 Å². The van der Waals surface area contributed by atoms with Crippen LogP contribution in [0.25, 0.3) is 0 Å². The second-order valence-electron chi connectivity index (χ2n) is 8.77. The number of piperidine rings is 1. The molecule has 0 bridgehead atoms. The van der Waals surface area contributed by atoms with Gasteiger partial charge in [-0.15, -0.1) is 0 Å². The van der Waals surface area contributed by atoms with Crippen molar-refractivity contribution in [3.05, 3.63) is 35.3 Å². The van der Waals surface area contributed by atoms with E-state index in [2.05, 4.69) is 4.90 Å². The molecule has 1 aliphatic carbocycles. The van der Waals surface area contributed by atoms with Crippen molar-refractivity contribution in [3.8, 4) is 0 Å². The number of likely N-dealkylation sites (tertiary alicyclic amines) is 2. The summed E-state index contributed by atoms with van der Waals surface area (Å²) in [5.74, 6) is 0.966. The van der Waals surface area contributed by atoms with E-state index in [1.807, 2.05) is 4.90 Å². The average Bonchev–Trinajstić information content (AvgIpc) is 3.06. The predicted octanol–water partition coefficient (Wildman–Crippen LogP) is 2.83. The van der Waals surface area contributed by atoms with Gasteiger partial charge in [0.25, 0.3) is 5.91 Å². The smallest absolute Gasteiger partial charge is 0.254 e. The molecule has 5 heteroatoms. The van der Waals surface area contributed by atoms with Crippen molar-refractivity contribution in [1.29, 1.82) is 0 Å². The Labute approximate surface area is 156 Å². The van der Waals surface area contributed by atoms with Gasteiger partial charge in [-0.2, -0.15) is 4.73 Å². The molecule has 1 spiro atoms. The van der Waals surface area contributed by atoms with Crippen molar-refractivity contribution in [3.63, 3.8) is 0 Å². The number of hydrogen-bond donors (Lipinski definition) is 0. The molecule has 4 rings (SSSR count). The standard InChI is InChI=1S/C21H31N3O2/c25-20(19-7-12-24(26)13-8-19)23-14-10-21(17-23)9-4-11-22(16-21)15-18-5-2-1-3-6-18/h7-8,12-13,18H,1-6,9-11,14-17H2/t21-/m1/s1. The van der Waals surface area contributed by atoms with E-state index >= 15 is 0 Å². The molecule has 5 nitrogen and oxygen atoms in total. The molecule has 0 aromatic carbocycles. The number of nitrogens with zero attached hydrogens (tertiary/aromatic N) is 3. The summed E-state index contributed by atoms with van der Waals surface area (Å²) in [5, 5.41) is 11.2. The molecule has 3 fully saturated rings. The van der Waals surface area contributed by atoms with E-state index in [4.69, 9.17) is 0 Å². The van der Waals surface area contributed by atoms with Crippen LogP contribution in [0.3, 0.4) is 0 Å². The zero-order valence-electron chi connectivity index (χ0n) is 15.7. The lowest BCUT2D eigenvalue weighted by atomic mass is 9.78. The number of hydrogen-bond acceptors (Lipinski definition) is 3. The number of carbonyl (C=O) groups excluding carboxylic acids is 1. The molecule has 142 valence electrons. The molecule has 26 heavy (non-hydrogen) atoms. The summed E-state index contributed by atoms with van der Waals surface area (Å²) in [6, 6.07) is 3.27. The van der Waals surface area contributed by atoms with Gasteiger partial charge in [-0.3, -0.25) is 4.79 Å². The third kappa shape index (κ3) is 3.88. The largest absolute Gasteiger partial charge is 0.619 e. The third-order valence-corrected chi connectivity index (χ3v) is 6.76. The van der Waals surface area contributed by atoms with Crippen molar-refractivity contribution in [2.24, 2.45) is 11.3 Å². The Morgan fingerprint density at radius 3 is 2.62 bits per heavy atom. The number of pyridine rings is 1. The monoisotopic (exact) mass is 357 g/mol. The first-order valence-electron chi connectivity index (χ1n) is 10.3. The minimum atomic E-state index is 0.0758. The normalized spacial score (nSPS) is 27.9. The summed E-state index contributed by atoms with van der Waals surface area (Å²) in [6.45, 7) is 5.37. The summed E-state index contributed by atoms with van der Waals surface area (Å²) in [6.07, 6.45) is 13.5. The van der Waals surface area contributed by atoms with Gasteiger partial charge >= 0.3 is 0 Å². The first-order chi connectivity index (χ1) is 12.6. The molecule has 3 heterocycles. The van der Waals surface area contributed by atoms with Crippen LogP contribution in [0.4, 0.5) is 0 Å². The quantitative estimate of drug-likeness (QED) is 0.617. The van der Waals surface area contributed by atoms with Gasteiger partial charge in [0.05, 0.1) is 5.56 Å². The van der Waals surface area contributed by atoms with E-state index in [-0.39, 0.29) is 11.3 Å². The molecule has 3 aliphatic rings. The third-order valence-electron chi connectivity index (χ3n) is 6.76. The molecular formula is C21H31N3O2. The van der Waals surface area contributed by atoms with E-state index in [0.29, 0.717) is 5.56 Å². The Kier molecular flexibility index (Phi) is 5.16. The molecule has 0 unspecified atom stereocenters. The Morgan fingerprint density at radius 1 is 1.08 bits per heavy atom. The summed E-state index contributed by atoms with van der Waals surface area (Å²) < 4.78 is 0.729. The Balaban J connectivity index is 1.36. The van der Waals surface area contributed by atoms with E-state index < -0.39 is 0 Å². The maximum absolute atomic E-state index is 12.8. The van der Waals surface area contributed by atoms with Crippen molar-refractivity contribution >= 4 is 5.91 Å². The average molecular weight is 357 g/mol. The maximum Gasteiger partial charge on any atom is 0.254 e. The van der Waals surface area contributed by atoms with Crippen molar-refractivity contribution in [2.75, 3.05) is 32.7 Å². The van der Waals surface area contributed by atoms with Crippen LogP contribution >= 0.6 is 0 Å². The SMILES string of the molecule is O=C(c1cc[n+]([O-])cc1)N1CC[C@@]2(CCCN(CC3CCCCC3)C2)C1. The fourth-order valence-corrected chi connectivity index (χ4v) is 5.38. The van der Waals surface area contributed by atoms with Crippen molar-refractivity contribution < 1.29 is 9.52 Å². The second-order valence-corrected chi connectivity index (χ2v) is 8.77. The van der Waals surface area contributed by atoms with Gasteiger partial charge in [-0.05, 0) is 44.6 Å². The minimum absolute atomic E-state index is 0.0758. The molecule has 1 amide bonds. The van der Waals surface area contributed by atoms with Gasteiger partial charge < -0.3 is 15.0 Å². The Hall–Kier alpha value is -1.62. The topological polar surface area (TPSA) is 50.5 Å². The molecule has 2 aliphatic heterocycles. The van der Waals surface area contributed by atoms with Gasteiger partial charge in [-0.1, -0.05) is 19.3 Å². The van der Waals surface area contributed by atoms with Crippen LogP contribution in [-0.4, -0.2) is 48.4 Å². The fourth-order valence-electron chi connectivity index (χ4n) is 5.38. The number of carbonyl (C=O) groups is 1. The van der Waals surface area contributed by atoms with Gasteiger partial charge in [0.15, 0.2) is 12.4 Å². The van der Waals surface area contributed by atoms with Crippen LogP contribution in [0.1, 0.15) is 61.7 Å². The summed E-state index contributed by atoms with van der Waals surface area (Å²) >= 11 is 0. The van der Waals surface area contributed by atoms with Crippen LogP contribution < -0.4 is 4.73 Å².